The first-order valence-electron chi connectivity index (χ1n) is 10.4. The molecule has 2 aromatic carbocycles. The van der Waals surface area contributed by atoms with Gasteiger partial charge in [-0.1, -0.05) is 6.07 Å². The van der Waals surface area contributed by atoms with Crippen LogP contribution in [-0.2, 0) is 7.05 Å². The zero-order chi connectivity index (χ0) is 24.6. The molecule has 0 saturated heterocycles. The van der Waals surface area contributed by atoms with Gasteiger partial charge in [0.05, 0.1) is 40.5 Å². The Labute approximate surface area is 195 Å². The van der Waals surface area contributed by atoms with Gasteiger partial charge in [0.1, 0.15) is 0 Å². The van der Waals surface area contributed by atoms with Crippen LogP contribution in [0.3, 0.4) is 0 Å². The molecule has 2 aromatic heterocycles. The van der Waals surface area contributed by atoms with Crippen LogP contribution in [0, 0.1) is 18.3 Å². The fourth-order valence-corrected chi connectivity index (χ4v) is 3.83. The number of benzene rings is 2. The number of amides is 1. The predicted octanol–water partition coefficient (Wildman–Crippen LogP) is 2.27. The van der Waals surface area contributed by atoms with Crippen LogP contribution >= 0.6 is 0 Å². The molecule has 4 aromatic rings. The molecule has 0 atom stereocenters. The second-order valence-corrected chi connectivity index (χ2v) is 7.98. The minimum absolute atomic E-state index is 0.198. The smallest absolute Gasteiger partial charge is 0.335 e. The molecule has 9 heteroatoms. The van der Waals surface area contributed by atoms with Crippen molar-refractivity contribution in [1.82, 2.24) is 23.8 Å². The van der Waals surface area contributed by atoms with Crippen LogP contribution in [-0.4, -0.2) is 43.8 Å². The van der Waals surface area contributed by atoms with Crippen LogP contribution in [0.2, 0.25) is 0 Å². The van der Waals surface area contributed by atoms with Gasteiger partial charge in [0, 0.05) is 32.4 Å². The Kier molecular flexibility index (Phi) is 5.73. The van der Waals surface area contributed by atoms with Crippen LogP contribution in [0.25, 0.3) is 22.6 Å². The molecular weight excluding hydrogens is 432 g/mol. The Morgan fingerprint density at radius 3 is 2.38 bits per heavy atom. The number of hydrogen-bond donors (Lipinski definition) is 0. The Morgan fingerprint density at radius 1 is 1.03 bits per heavy atom. The third kappa shape index (κ3) is 3.71. The molecule has 0 saturated carbocycles. The lowest BCUT2D eigenvalue weighted by Crippen LogP contribution is -2.40. The highest BCUT2D eigenvalue weighted by molar-refractivity contribution is 5.94. The molecule has 0 spiro atoms. The van der Waals surface area contributed by atoms with E-state index in [1.165, 1.54) is 16.5 Å². The summed E-state index contributed by atoms with van der Waals surface area (Å²) in [6.45, 7) is 1.69. The number of carbonyl (C=O) groups is 1. The fraction of sp³-hybridized carbons (Fsp3) is 0.160. The van der Waals surface area contributed by atoms with Crippen molar-refractivity contribution in [3.63, 3.8) is 0 Å². The molecule has 0 aliphatic rings. The molecular formula is C25H22N6O3. The molecule has 0 unspecified atom stereocenters. The Balaban J connectivity index is 1.96. The van der Waals surface area contributed by atoms with Gasteiger partial charge in [-0.15, -0.1) is 0 Å². The quantitative estimate of drug-likeness (QED) is 0.470. The van der Waals surface area contributed by atoms with Gasteiger partial charge in [-0.2, -0.15) is 10.4 Å². The Morgan fingerprint density at radius 2 is 1.74 bits per heavy atom. The van der Waals surface area contributed by atoms with E-state index in [2.05, 4.69) is 11.2 Å². The molecule has 1 amide bonds. The molecule has 170 valence electrons. The highest BCUT2D eigenvalue weighted by Crippen LogP contribution is 2.24. The van der Waals surface area contributed by atoms with Crippen molar-refractivity contribution in [1.29, 1.82) is 5.26 Å². The predicted molar refractivity (Wildman–Crippen MR) is 127 cm³/mol. The highest BCUT2D eigenvalue weighted by atomic mass is 16.2. The van der Waals surface area contributed by atoms with Crippen molar-refractivity contribution in [3.05, 3.63) is 98.5 Å². The first-order chi connectivity index (χ1) is 16.2. The van der Waals surface area contributed by atoms with Crippen LogP contribution < -0.4 is 11.2 Å². The lowest BCUT2D eigenvalue weighted by molar-refractivity contribution is 0.0827. The average molecular weight is 454 g/mol. The molecule has 0 N–H and O–H groups in total. The van der Waals surface area contributed by atoms with Crippen LogP contribution in [0.5, 0.6) is 0 Å². The minimum atomic E-state index is -0.523. The molecule has 0 aliphatic carbocycles. The number of rotatable bonds is 4. The summed E-state index contributed by atoms with van der Waals surface area (Å²) < 4.78 is 4.05. The van der Waals surface area contributed by atoms with Crippen molar-refractivity contribution in [2.45, 2.75) is 6.92 Å². The molecule has 2 heterocycles. The molecule has 9 nitrogen and oxygen atoms in total. The Hall–Kier alpha value is -4.71. The second kappa shape index (κ2) is 8.67. The summed E-state index contributed by atoms with van der Waals surface area (Å²) >= 11 is 0. The normalized spacial score (nSPS) is 10.7. The topological polar surface area (TPSA) is 106 Å². The second-order valence-electron chi connectivity index (χ2n) is 7.98. The molecule has 0 aliphatic heterocycles. The average Bonchev–Trinajstić information content (AvgIpc) is 3.32. The largest absolute Gasteiger partial charge is 0.345 e. The molecule has 0 fully saturated rings. The summed E-state index contributed by atoms with van der Waals surface area (Å²) in [5.41, 5.74) is 2.29. The van der Waals surface area contributed by atoms with Gasteiger partial charge >= 0.3 is 5.69 Å². The monoisotopic (exact) mass is 454 g/mol. The van der Waals surface area contributed by atoms with E-state index in [0.717, 1.165) is 4.57 Å². The standard InChI is InChI=1S/C25H22N6O3/c1-16-22(21-12-13-27-31(21)19-10-8-17(15-26)9-11-19)24(33)29(4)25(34)30(16)20-7-5-6-18(14-20)23(32)28(2)3/h5-14H,1-4H3. The highest BCUT2D eigenvalue weighted by Gasteiger charge is 2.21. The molecule has 0 radical (unpaired) electrons. The third-order valence-electron chi connectivity index (χ3n) is 5.59. The van der Waals surface area contributed by atoms with Crippen molar-refractivity contribution in [2.24, 2.45) is 7.05 Å². The van der Waals surface area contributed by atoms with Gasteiger partial charge < -0.3 is 4.90 Å². The molecule has 34 heavy (non-hydrogen) atoms. The lowest BCUT2D eigenvalue weighted by Gasteiger charge is -2.17. The summed E-state index contributed by atoms with van der Waals surface area (Å²) in [5, 5.41) is 13.4. The number of nitrogens with zero attached hydrogens (tertiary/aromatic N) is 6. The third-order valence-corrected chi connectivity index (χ3v) is 5.59. The van der Waals surface area contributed by atoms with E-state index in [0.29, 0.717) is 39.5 Å². The van der Waals surface area contributed by atoms with Gasteiger partial charge in [0.2, 0.25) is 0 Å². The van der Waals surface area contributed by atoms with E-state index < -0.39 is 11.2 Å². The van der Waals surface area contributed by atoms with Gasteiger partial charge in [0.15, 0.2) is 0 Å². The van der Waals surface area contributed by atoms with Crippen molar-refractivity contribution < 1.29 is 4.79 Å². The number of hydrogen-bond acceptors (Lipinski definition) is 5. The zero-order valence-corrected chi connectivity index (χ0v) is 19.2. The minimum Gasteiger partial charge on any atom is -0.345 e. The first kappa shape index (κ1) is 22.5. The van der Waals surface area contributed by atoms with E-state index in [4.69, 9.17) is 5.26 Å². The van der Waals surface area contributed by atoms with E-state index in [-0.39, 0.29) is 5.91 Å². The maximum absolute atomic E-state index is 13.2. The Bertz CT molecular complexity index is 1570. The maximum atomic E-state index is 13.2. The van der Waals surface area contributed by atoms with Crippen molar-refractivity contribution in [2.75, 3.05) is 14.1 Å². The lowest BCUT2D eigenvalue weighted by atomic mass is 10.1. The molecule has 4 rings (SSSR count). The van der Waals surface area contributed by atoms with Crippen molar-refractivity contribution >= 4 is 5.91 Å². The summed E-state index contributed by atoms with van der Waals surface area (Å²) in [6, 6.07) is 17.3. The summed E-state index contributed by atoms with van der Waals surface area (Å²) in [7, 11) is 4.73. The van der Waals surface area contributed by atoms with Crippen LogP contribution in [0.1, 0.15) is 21.6 Å². The van der Waals surface area contributed by atoms with Gasteiger partial charge in [-0.05, 0) is 55.5 Å². The van der Waals surface area contributed by atoms with E-state index in [1.807, 2.05) is 0 Å². The summed E-state index contributed by atoms with van der Waals surface area (Å²) in [4.78, 5) is 40.3. The summed E-state index contributed by atoms with van der Waals surface area (Å²) in [6.07, 6.45) is 1.57. The number of carbonyl (C=O) groups excluding carboxylic acids is 1. The van der Waals surface area contributed by atoms with Gasteiger partial charge in [-0.25, -0.2) is 9.48 Å². The first-order valence-corrected chi connectivity index (χ1v) is 10.4. The van der Waals surface area contributed by atoms with E-state index in [9.17, 15) is 14.4 Å². The van der Waals surface area contributed by atoms with Gasteiger partial charge in [-0.3, -0.25) is 18.7 Å². The SMILES string of the molecule is Cc1c(-c2ccnn2-c2ccc(C#N)cc2)c(=O)n(C)c(=O)n1-c1cccc(C(=O)N(C)C)c1. The number of aromatic nitrogens is 4. The number of nitriles is 1. The van der Waals surface area contributed by atoms with E-state index in [1.54, 1.807) is 86.5 Å². The zero-order valence-electron chi connectivity index (χ0n) is 19.2. The van der Waals surface area contributed by atoms with E-state index >= 15 is 0 Å². The van der Waals surface area contributed by atoms with Crippen LogP contribution in [0.15, 0.2) is 70.4 Å². The summed E-state index contributed by atoms with van der Waals surface area (Å²) in [5.74, 6) is -0.198. The fourth-order valence-electron chi connectivity index (χ4n) is 3.83. The molecule has 0 bridgehead atoms. The maximum Gasteiger partial charge on any atom is 0.335 e. The van der Waals surface area contributed by atoms with Crippen LogP contribution in [0.4, 0.5) is 0 Å². The van der Waals surface area contributed by atoms with Crippen molar-refractivity contribution in [3.8, 4) is 28.7 Å². The van der Waals surface area contributed by atoms with Gasteiger partial charge in [0.25, 0.3) is 11.5 Å².